The second-order valence-corrected chi connectivity index (χ2v) is 19.0. The molecule has 0 spiro atoms. The second kappa shape index (κ2) is 32.9. The van der Waals surface area contributed by atoms with Gasteiger partial charge in [0.1, 0.15) is 0 Å². The quantitative estimate of drug-likeness (QED) is 0.226. The average Bonchev–Trinajstić information content (AvgIpc) is 2.82. The van der Waals surface area contributed by atoms with Crippen LogP contribution in [0.3, 0.4) is 0 Å². The highest BCUT2D eigenvalue weighted by atomic mass is 14.2. The van der Waals surface area contributed by atoms with Crippen molar-refractivity contribution in [3.8, 4) is 0 Å². The molecular weight excluding hydrogens is 528 g/mol. The van der Waals surface area contributed by atoms with Gasteiger partial charge in [-0.1, -0.05) is 212 Å². The van der Waals surface area contributed by atoms with Crippen molar-refractivity contribution in [1.29, 1.82) is 0 Å². The van der Waals surface area contributed by atoms with Gasteiger partial charge in [-0.3, -0.25) is 0 Å². The van der Waals surface area contributed by atoms with Gasteiger partial charge in [0.15, 0.2) is 0 Å². The molecule has 0 aromatic heterocycles. The third-order valence-electron chi connectivity index (χ3n) is 9.18. The minimum Gasteiger partial charge on any atom is -0.0651 e. The van der Waals surface area contributed by atoms with Crippen molar-refractivity contribution in [2.75, 3.05) is 0 Å². The molecule has 44 heavy (non-hydrogen) atoms. The molecule has 0 rings (SSSR count). The van der Waals surface area contributed by atoms with Gasteiger partial charge in [0.2, 0.25) is 0 Å². The molecule has 0 heteroatoms. The highest BCUT2D eigenvalue weighted by Gasteiger charge is 2.14. The van der Waals surface area contributed by atoms with E-state index >= 15 is 0 Å². The van der Waals surface area contributed by atoms with Gasteiger partial charge in [0.05, 0.1) is 0 Å². The fraction of sp³-hybridized carbons (Fsp3) is 1.00. The van der Waals surface area contributed by atoms with Crippen LogP contribution in [0, 0.1) is 70.0 Å². The van der Waals surface area contributed by atoms with Crippen molar-refractivity contribution in [2.45, 2.75) is 219 Å². The smallest absolute Gasteiger partial charge is 0.0360 e. The van der Waals surface area contributed by atoms with Crippen molar-refractivity contribution < 1.29 is 0 Å². The highest BCUT2D eigenvalue weighted by Crippen LogP contribution is 2.24. The molecule has 0 saturated heterocycles. The average molecular weight is 629 g/mol. The van der Waals surface area contributed by atoms with E-state index in [0.29, 0.717) is 10.8 Å². The molecule has 0 amide bonds. The van der Waals surface area contributed by atoms with Crippen LogP contribution in [-0.4, -0.2) is 0 Å². The summed E-state index contributed by atoms with van der Waals surface area (Å²) in [6, 6.07) is 0. The SMILES string of the molecule is CC(C)C(C)(C)C.CC(C)C(C)C.CC(C)CC(C)(C)C.CC(C)CCC(C)C.CCC(C)C(C)C.CCC(CC)C(C)C. The Kier molecular flexibility index (Phi) is 42.2. The van der Waals surface area contributed by atoms with E-state index in [-0.39, 0.29) is 0 Å². The van der Waals surface area contributed by atoms with E-state index in [4.69, 9.17) is 0 Å². The molecule has 0 radical (unpaired) electrons. The summed E-state index contributed by atoms with van der Waals surface area (Å²) in [5.74, 6) is 8.72. The Balaban J connectivity index is -0.0000000987. The summed E-state index contributed by atoms with van der Waals surface area (Å²) in [5, 5.41) is 0. The van der Waals surface area contributed by atoms with E-state index in [1.807, 2.05) is 0 Å². The molecule has 0 heterocycles. The van der Waals surface area contributed by atoms with Gasteiger partial charge < -0.3 is 0 Å². The van der Waals surface area contributed by atoms with Gasteiger partial charge in [-0.25, -0.2) is 0 Å². The summed E-state index contributed by atoms with van der Waals surface area (Å²) in [6.07, 6.45) is 8.10. The minimum absolute atomic E-state index is 0.500. The van der Waals surface area contributed by atoms with E-state index in [0.717, 1.165) is 59.2 Å². The van der Waals surface area contributed by atoms with E-state index in [9.17, 15) is 0 Å². The molecule has 1 unspecified atom stereocenters. The number of hydrogen-bond acceptors (Lipinski definition) is 0. The van der Waals surface area contributed by atoms with Crippen LogP contribution in [-0.2, 0) is 0 Å². The summed E-state index contributed by atoms with van der Waals surface area (Å²) >= 11 is 0. The standard InChI is InChI=1S/3C8H18.2C7H16.C6H14/c1-7(2)6-8(3,4)5;1-7(2)5-6-8(3)4;1-5-8(6-2)7(3)4;1-6(2)7(3,4)5;1-5-7(4)6(2)3;1-5(2)6(3)4/h7H,6H2,1-5H3;2*7-8H,5-6H2,1-4H3;6H,1-5H3;6-7H,5H2,1-4H3;5-6H,1-4H3. The predicted octanol–water partition coefficient (Wildman–Crippen LogP) is 16.9. The molecule has 0 aliphatic carbocycles. The zero-order valence-electron chi connectivity index (χ0n) is 37.0. The molecule has 0 aromatic carbocycles. The van der Waals surface area contributed by atoms with Crippen molar-refractivity contribution >= 4 is 0 Å². The van der Waals surface area contributed by atoms with Gasteiger partial charge in [0, 0.05) is 0 Å². The van der Waals surface area contributed by atoms with Gasteiger partial charge in [-0.2, -0.15) is 0 Å². The molecule has 0 saturated carbocycles. The summed E-state index contributed by atoms with van der Waals surface area (Å²) in [4.78, 5) is 0. The Morgan fingerprint density at radius 3 is 0.705 bits per heavy atom. The van der Waals surface area contributed by atoms with Gasteiger partial charge in [-0.05, 0) is 76.4 Å². The Hall–Kier alpha value is 0. The zero-order chi connectivity index (χ0) is 37.0. The lowest BCUT2D eigenvalue weighted by atomic mass is 9.84. The third-order valence-corrected chi connectivity index (χ3v) is 9.18. The van der Waals surface area contributed by atoms with Crippen molar-refractivity contribution in [3.05, 3.63) is 0 Å². The summed E-state index contributed by atoms with van der Waals surface area (Å²) in [5.41, 5.74) is 1.02. The first kappa shape index (κ1) is 56.3. The molecule has 0 fully saturated rings. The van der Waals surface area contributed by atoms with E-state index in [1.54, 1.807) is 0 Å². The summed E-state index contributed by atoms with van der Waals surface area (Å²) in [7, 11) is 0. The Morgan fingerprint density at radius 2 is 0.682 bits per heavy atom. The minimum atomic E-state index is 0.500. The second-order valence-electron chi connectivity index (χ2n) is 19.0. The molecule has 0 nitrogen and oxygen atoms in total. The zero-order valence-corrected chi connectivity index (χ0v) is 37.0. The van der Waals surface area contributed by atoms with Crippen molar-refractivity contribution in [3.63, 3.8) is 0 Å². The Morgan fingerprint density at radius 1 is 0.386 bits per heavy atom. The number of hydrogen-bond donors (Lipinski definition) is 0. The lowest BCUT2D eigenvalue weighted by Gasteiger charge is -2.22. The maximum Gasteiger partial charge on any atom is -0.0360 e. The lowest BCUT2D eigenvalue weighted by Crippen LogP contribution is -2.12. The molecule has 0 aliphatic heterocycles. The Bertz CT molecular complexity index is 483. The largest absolute Gasteiger partial charge is 0.0651 e. The Labute approximate surface area is 287 Å². The van der Waals surface area contributed by atoms with Crippen LogP contribution >= 0.6 is 0 Å². The molecule has 0 aromatic rings. The monoisotopic (exact) mass is 629 g/mol. The molecule has 0 aliphatic rings. The maximum atomic E-state index is 2.30. The topological polar surface area (TPSA) is 0 Å². The summed E-state index contributed by atoms with van der Waals surface area (Å²) in [6.45, 7) is 59.0. The van der Waals surface area contributed by atoms with Crippen LogP contribution in [0.5, 0.6) is 0 Å². The van der Waals surface area contributed by atoms with Crippen LogP contribution in [0.15, 0.2) is 0 Å². The first-order chi connectivity index (χ1) is 19.5. The predicted molar refractivity (Wildman–Crippen MR) is 215 cm³/mol. The fourth-order valence-electron chi connectivity index (χ4n) is 3.59. The molecule has 1 atom stereocenters. The third kappa shape index (κ3) is 61.1. The molecule has 0 bridgehead atoms. The van der Waals surface area contributed by atoms with Crippen LogP contribution in [0.2, 0.25) is 0 Å². The van der Waals surface area contributed by atoms with Gasteiger partial charge >= 0.3 is 0 Å². The number of rotatable bonds is 10. The first-order valence-corrected chi connectivity index (χ1v) is 19.5. The van der Waals surface area contributed by atoms with Gasteiger partial charge in [-0.15, -0.1) is 0 Å². The van der Waals surface area contributed by atoms with Crippen LogP contribution in [0.25, 0.3) is 0 Å². The van der Waals surface area contributed by atoms with Crippen LogP contribution in [0.4, 0.5) is 0 Å². The van der Waals surface area contributed by atoms with Crippen molar-refractivity contribution in [1.82, 2.24) is 0 Å². The van der Waals surface area contributed by atoms with E-state index in [1.165, 1.54) is 38.5 Å². The highest BCUT2D eigenvalue weighted by molar-refractivity contribution is 4.64. The van der Waals surface area contributed by atoms with E-state index < -0.39 is 0 Å². The molecule has 276 valence electrons. The fourth-order valence-corrected chi connectivity index (χ4v) is 3.59. The summed E-state index contributed by atoms with van der Waals surface area (Å²) < 4.78 is 0. The normalized spacial score (nSPS) is 12.3. The first-order valence-electron chi connectivity index (χ1n) is 19.5. The van der Waals surface area contributed by atoms with E-state index in [2.05, 4.69) is 180 Å². The molecule has 0 N–H and O–H groups in total. The lowest BCUT2D eigenvalue weighted by molar-refractivity contribution is 0.283. The van der Waals surface area contributed by atoms with Crippen LogP contribution < -0.4 is 0 Å². The molecular formula is C44H100. The maximum absolute atomic E-state index is 2.30. The van der Waals surface area contributed by atoms with Gasteiger partial charge in [0.25, 0.3) is 0 Å². The van der Waals surface area contributed by atoms with Crippen LogP contribution in [0.1, 0.15) is 219 Å². The van der Waals surface area contributed by atoms with Crippen molar-refractivity contribution in [2.24, 2.45) is 70.0 Å².